The Morgan fingerprint density at radius 1 is 1.35 bits per heavy atom. The summed E-state index contributed by atoms with van der Waals surface area (Å²) in [4.78, 5) is 4.10. The number of hydrogen-bond donors (Lipinski definition) is 1. The average Bonchev–Trinajstić information content (AvgIpc) is 2.38. The minimum Gasteiger partial charge on any atom is -0.388 e. The van der Waals surface area contributed by atoms with E-state index < -0.39 is 6.10 Å². The van der Waals surface area contributed by atoms with E-state index in [2.05, 4.69) is 11.9 Å². The number of aliphatic hydroxyl groups is 1. The van der Waals surface area contributed by atoms with Gasteiger partial charge in [-0.05, 0) is 29.2 Å². The zero-order valence-corrected chi connectivity index (χ0v) is 10.8. The van der Waals surface area contributed by atoms with E-state index in [1.807, 2.05) is 30.5 Å². The van der Waals surface area contributed by atoms with Crippen LogP contribution in [0.4, 0.5) is 0 Å². The molecule has 0 amide bonds. The van der Waals surface area contributed by atoms with Gasteiger partial charge in [0.25, 0.3) is 0 Å². The lowest BCUT2D eigenvalue weighted by molar-refractivity contribution is 0.205. The fourth-order valence-corrected chi connectivity index (χ4v) is 2.73. The van der Waals surface area contributed by atoms with Crippen LogP contribution in [0.25, 0.3) is 10.8 Å². The highest BCUT2D eigenvalue weighted by molar-refractivity contribution is 7.99. The molecule has 2 nitrogen and oxygen atoms in total. The van der Waals surface area contributed by atoms with Crippen LogP contribution in [-0.4, -0.2) is 21.6 Å². The summed E-state index contributed by atoms with van der Waals surface area (Å²) in [7, 11) is 0. The number of hydrogen-bond acceptors (Lipinski definition) is 3. The second-order valence-electron chi connectivity index (χ2n) is 4.03. The molecular weight excluding hydrogens is 230 g/mol. The van der Waals surface area contributed by atoms with Gasteiger partial charge >= 0.3 is 0 Å². The van der Waals surface area contributed by atoms with Crippen LogP contribution < -0.4 is 0 Å². The van der Waals surface area contributed by atoms with Crippen molar-refractivity contribution in [3.8, 4) is 0 Å². The summed E-state index contributed by atoms with van der Waals surface area (Å²) in [5.74, 6) is 1.86. The Labute approximate surface area is 106 Å². The largest absolute Gasteiger partial charge is 0.388 e. The number of benzene rings is 1. The van der Waals surface area contributed by atoms with E-state index in [1.165, 1.54) is 0 Å². The maximum atomic E-state index is 10.2. The third-order valence-corrected chi connectivity index (χ3v) is 3.95. The SMILES string of the molecule is CCCSCC(O)c1cccc2cnccc12. The van der Waals surface area contributed by atoms with E-state index in [4.69, 9.17) is 0 Å². The van der Waals surface area contributed by atoms with E-state index in [1.54, 1.807) is 18.0 Å². The molecule has 0 saturated heterocycles. The first kappa shape index (κ1) is 12.4. The second-order valence-corrected chi connectivity index (χ2v) is 5.18. The van der Waals surface area contributed by atoms with Crippen molar-refractivity contribution >= 4 is 22.5 Å². The lowest BCUT2D eigenvalue weighted by atomic mass is 10.0. The van der Waals surface area contributed by atoms with Crippen molar-refractivity contribution in [2.45, 2.75) is 19.4 Å². The monoisotopic (exact) mass is 247 g/mol. The van der Waals surface area contributed by atoms with Crippen molar-refractivity contribution in [3.05, 3.63) is 42.2 Å². The van der Waals surface area contributed by atoms with Crippen molar-refractivity contribution in [1.29, 1.82) is 0 Å². The topological polar surface area (TPSA) is 33.1 Å². The first-order valence-corrected chi connectivity index (χ1v) is 7.07. The maximum absolute atomic E-state index is 10.2. The van der Waals surface area contributed by atoms with Gasteiger partial charge in [-0.1, -0.05) is 25.1 Å². The third-order valence-electron chi connectivity index (χ3n) is 2.70. The summed E-state index contributed by atoms with van der Waals surface area (Å²) in [5, 5.41) is 12.4. The minimum absolute atomic E-state index is 0.391. The summed E-state index contributed by atoms with van der Waals surface area (Å²) >= 11 is 1.80. The predicted octanol–water partition coefficient (Wildman–Crippen LogP) is 3.41. The van der Waals surface area contributed by atoms with Gasteiger partial charge in [-0.25, -0.2) is 0 Å². The molecule has 3 heteroatoms. The summed E-state index contributed by atoms with van der Waals surface area (Å²) in [6.07, 6.45) is 4.37. The van der Waals surface area contributed by atoms with Crippen LogP contribution in [0.5, 0.6) is 0 Å². The molecule has 1 unspecified atom stereocenters. The van der Waals surface area contributed by atoms with E-state index >= 15 is 0 Å². The molecule has 2 rings (SSSR count). The van der Waals surface area contributed by atoms with E-state index in [-0.39, 0.29) is 0 Å². The van der Waals surface area contributed by atoms with Crippen molar-refractivity contribution in [1.82, 2.24) is 4.98 Å². The molecule has 0 spiro atoms. The smallest absolute Gasteiger partial charge is 0.0886 e. The highest BCUT2D eigenvalue weighted by Gasteiger charge is 2.10. The van der Waals surface area contributed by atoms with Gasteiger partial charge in [0.15, 0.2) is 0 Å². The van der Waals surface area contributed by atoms with Crippen LogP contribution in [0.3, 0.4) is 0 Å². The first-order chi connectivity index (χ1) is 8.33. The highest BCUT2D eigenvalue weighted by atomic mass is 32.2. The number of rotatable bonds is 5. The van der Waals surface area contributed by atoms with Crippen LogP contribution in [0.1, 0.15) is 25.0 Å². The lowest BCUT2D eigenvalue weighted by Crippen LogP contribution is -2.02. The summed E-state index contributed by atoms with van der Waals surface area (Å²) in [5.41, 5.74) is 1.01. The Hall–Kier alpha value is -1.06. The second kappa shape index (κ2) is 6.03. The zero-order valence-electron chi connectivity index (χ0n) is 9.97. The number of fused-ring (bicyclic) bond motifs is 1. The molecule has 17 heavy (non-hydrogen) atoms. The van der Waals surface area contributed by atoms with Crippen molar-refractivity contribution in [2.24, 2.45) is 0 Å². The van der Waals surface area contributed by atoms with Crippen LogP contribution in [0, 0.1) is 0 Å². The Kier molecular flexibility index (Phi) is 4.40. The zero-order chi connectivity index (χ0) is 12.1. The third kappa shape index (κ3) is 2.99. The quantitative estimate of drug-likeness (QED) is 0.822. The molecule has 1 aromatic heterocycles. The van der Waals surface area contributed by atoms with Crippen LogP contribution in [-0.2, 0) is 0 Å². The average molecular weight is 247 g/mol. The molecule has 0 bridgehead atoms. The van der Waals surface area contributed by atoms with Crippen LogP contribution in [0.15, 0.2) is 36.7 Å². The van der Waals surface area contributed by atoms with Crippen LogP contribution >= 0.6 is 11.8 Å². The highest BCUT2D eigenvalue weighted by Crippen LogP contribution is 2.26. The van der Waals surface area contributed by atoms with Gasteiger partial charge < -0.3 is 5.11 Å². The van der Waals surface area contributed by atoms with Crippen molar-refractivity contribution in [3.63, 3.8) is 0 Å². The molecule has 0 radical (unpaired) electrons. The van der Waals surface area contributed by atoms with E-state index in [9.17, 15) is 5.11 Å². The van der Waals surface area contributed by atoms with Gasteiger partial charge in [-0.15, -0.1) is 0 Å². The van der Waals surface area contributed by atoms with E-state index in [0.717, 1.165) is 34.3 Å². The van der Waals surface area contributed by atoms with Gasteiger partial charge in [-0.3, -0.25) is 4.98 Å². The number of pyridine rings is 1. The van der Waals surface area contributed by atoms with Gasteiger partial charge in [0.05, 0.1) is 6.10 Å². The number of aliphatic hydroxyl groups excluding tert-OH is 1. The van der Waals surface area contributed by atoms with Gasteiger partial charge in [0, 0.05) is 23.5 Å². The molecule has 0 aliphatic rings. The standard InChI is InChI=1S/C14H17NOS/c1-2-8-17-10-14(16)13-5-3-4-11-9-15-7-6-12(11)13/h3-7,9,14,16H,2,8,10H2,1H3. The Bertz CT molecular complexity index is 481. The van der Waals surface area contributed by atoms with Crippen LogP contribution in [0.2, 0.25) is 0 Å². The lowest BCUT2D eigenvalue weighted by Gasteiger charge is -2.13. The number of aromatic nitrogens is 1. The molecule has 90 valence electrons. The molecule has 0 aliphatic carbocycles. The predicted molar refractivity (Wildman–Crippen MR) is 74.3 cm³/mol. The molecule has 0 saturated carbocycles. The van der Waals surface area contributed by atoms with Crippen molar-refractivity contribution in [2.75, 3.05) is 11.5 Å². The Morgan fingerprint density at radius 3 is 3.06 bits per heavy atom. The molecule has 0 aliphatic heterocycles. The van der Waals surface area contributed by atoms with Gasteiger partial charge in [0.2, 0.25) is 0 Å². The summed E-state index contributed by atoms with van der Waals surface area (Å²) in [6.45, 7) is 2.16. The van der Waals surface area contributed by atoms with Crippen molar-refractivity contribution < 1.29 is 5.11 Å². The first-order valence-electron chi connectivity index (χ1n) is 5.91. The normalized spacial score (nSPS) is 12.8. The molecule has 0 fully saturated rings. The summed E-state index contributed by atoms with van der Waals surface area (Å²) in [6, 6.07) is 7.97. The minimum atomic E-state index is -0.391. The Morgan fingerprint density at radius 2 is 2.24 bits per heavy atom. The molecule has 1 N–H and O–H groups in total. The maximum Gasteiger partial charge on any atom is 0.0886 e. The van der Waals surface area contributed by atoms with Gasteiger partial charge in [-0.2, -0.15) is 11.8 Å². The molecular formula is C14H17NOS. The Balaban J connectivity index is 2.22. The number of thioether (sulfide) groups is 1. The number of nitrogens with zero attached hydrogens (tertiary/aromatic N) is 1. The molecule has 1 heterocycles. The summed E-state index contributed by atoms with van der Waals surface area (Å²) < 4.78 is 0. The molecule has 1 aromatic carbocycles. The van der Waals surface area contributed by atoms with Gasteiger partial charge in [0.1, 0.15) is 0 Å². The fraction of sp³-hybridized carbons (Fsp3) is 0.357. The fourth-order valence-electron chi connectivity index (χ4n) is 1.87. The molecule has 1 atom stereocenters. The molecule has 2 aromatic rings. The van der Waals surface area contributed by atoms with E-state index in [0.29, 0.717) is 0 Å².